The van der Waals surface area contributed by atoms with Crippen LogP contribution in [0.5, 0.6) is 0 Å². The summed E-state index contributed by atoms with van der Waals surface area (Å²) in [6, 6.07) is 19.6. The maximum atomic E-state index is 12.6. The van der Waals surface area contributed by atoms with Gasteiger partial charge in [0.15, 0.2) is 0 Å². The summed E-state index contributed by atoms with van der Waals surface area (Å²) < 4.78 is 11.3. The van der Waals surface area contributed by atoms with E-state index in [0.29, 0.717) is 0 Å². The summed E-state index contributed by atoms with van der Waals surface area (Å²) in [5, 5.41) is 0. The average Bonchev–Trinajstić information content (AvgIpc) is 2.65. The van der Waals surface area contributed by atoms with Crippen LogP contribution in [0, 0.1) is 0 Å². The van der Waals surface area contributed by atoms with Crippen molar-refractivity contribution in [1.82, 2.24) is 4.90 Å². The number of nitrogens with zero attached hydrogens (tertiary/aromatic N) is 1. The number of esters is 1. The minimum absolute atomic E-state index is 0.0593. The van der Waals surface area contributed by atoms with E-state index < -0.39 is 0 Å². The lowest BCUT2D eigenvalue weighted by atomic mass is 10.0. The fourth-order valence-electron chi connectivity index (χ4n) is 2.70. The third kappa shape index (κ3) is 5.41. The Hall–Kier alpha value is -2.17. The first-order valence-electron chi connectivity index (χ1n) is 8.51. The molecule has 1 unspecified atom stereocenters. The first kappa shape index (κ1) is 19.2. The Balaban J connectivity index is 2.11. The van der Waals surface area contributed by atoms with Gasteiger partial charge in [-0.15, -0.1) is 0 Å². The Bertz CT molecular complexity index is 643. The summed E-state index contributed by atoms with van der Waals surface area (Å²) in [6.45, 7) is 2.05. The van der Waals surface area contributed by atoms with Gasteiger partial charge in [-0.25, -0.2) is 0 Å². The maximum Gasteiger partial charge on any atom is 0.309 e. The van der Waals surface area contributed by atoms with Crippen molar-refractivity contribution in [1.29, 1.82) is 0 Å². The van der Waals surface area contributed by atoms with Gasteiger partial charge in [-0.1, -0.05) is 60.7 Å². The normalized spacial score (nSPS) is 14.8. The van der Waals surface area contributed by atoms with Crippen molar-refractivity contribution in [3.63, 3.8) is 0 Å². The Kier molecular flexibility index (Phi) is 7.16. The molecule has 25 heavy (non-hydrogen) atoms. The number of methoxy groups -OCH3 is 1. The van der Waals surface area contributed by atoms with Crippen LogP contribution in [0.4, 0.5) is 0 Å². The summed E-state index contributed by atoms with van der Waals surface area (Å²) in [4.78, 5) is 14.6. The van der Waals surface area contributed by atoms with E-state index in [4.69, 9.17) is 9.47 Å². The van der Waals surface area contributed by atoms with E-state index in [-0.39, 0.29) is 30.6 Å². The molecule has 0 aromatic heterocycles. The van der Waals surface area contributed by atoms with Crippen LogP contribution in [0.2, 0.25) is 0 Å². The molecule has 0 saturated carbocycles. The first-order valence-corrected chi connectivity index (χ1v) is 8.51. The molecular formula is C21H27NO3. The highest BCUT2D eigenvalue weighted by Crippen LogP contribution is 2.27. The van der Waals surface area contributed by atoms with Crippen molar-refractivity contribution in [2.75, 3.05) is 21.2 Å². The van der Waals surface area contributed by atoms with Crippen LogP contribution in [0.25, 0.3) is 0 Å². The number of hydrogen-bond acceptors (Lipinski definition) is 4. The van der Waals surface area contributed by atoms with Gasteiger partial charge in [0.1, 0.15) is 6.10 Å². The molecule has 0 fully saturated rings. The Morgan fingerprint density at radius 1 is 0.960 bits per heavy atom. The Labute approximate surface area is 150 Å². The van der Waals surface area contributed by atoms with E-state index in [9.17, 15) is 4.79 Å². The molecule has 2 aromatic carbocycles. The number of hydrogen-bond donors (Lipinski definition) is 0. The molecular weight excluding hydrogens is 314 g/mol. The quantitative estimate of drug-likeness (QED) is 0.680. The molecule has 2 aromatic rings. The monoisotopic (exact) mass is 341 g/mol. The SMILES string of the molecule is COC(CC(=O)O[C@H](c1ccccc1)[C@H](C)N(C)C)c1ccccc1. The van der Waals surface area contributed by atoms with Crippen LogP contribution in [0.1, 0.15) is 36.7 Å². The first-order chi connectivity index (χ1) is 12.0. The van der Waals surface area contributed by atoms with Gasteiger partial charge in [-0.05, 0) is 32.1 Å². The molecule has 0 amide bonds. The molecule has 0 bridgehead atoms. The van der Waals surface area contributed by atoms with Crippen LogP contribution in [0.3, 0.4) is 0 Å². The maximum absolute atomic E-state index is 12.6. The summed E-state index contributed by atoms with van der Waals surface area (Å²) in [7, 11) is 5.58. The smallest absolute Gasteiger partial charge is 0.309 e. The van der Waals surface area contributed by atoms with Crippen LogP contribution in [0.15, 0.2) is 60.7 Å². The average molecular weight is 341 g/mol. The lowest BCUT2D eigenvalue weighted by molar-refractivity contribution is -0.155. The van der Waals surface area contributed by atoms with Gasteiger partial charge < -0.3 is 14.4 Å². The number of rotatable bonds is 8. The predicted molar refractivity (Wildman–Crippen MR) is 99.2 cm³/mol. The number of likely N-dealkylation sites (N-methyl/N-ethyl adjacent to an activating group) is 1. The number of benzene rings is 2. The van der Waals surface area contributed by atoms with Gasteiger partial charge in [0.2, 0.25) is 0 Å². The Morgan fingerprint density at radius 3 is 1.96 bits per heavy atom. The molecule has 4 heteroatoms. The lowest BCUT2D eigenvalue weighted by Crippen LogP contribution is -2.34. The molecule has 3 atom stereocenters. The van der Waals surface area contributed by atoms with Gasteiger partial charge in [-0.3, -0.25) is 4.79 Å². The second-order valence-corrected chi connectivity index (χ2v) is 6.36. The van der Waals surface area contributed by atoms with E-state index in [0.717, 1.165) is 11.1 Å². The summed E-state index contributed by atoms with van der Waals surface area (Å²) in [6.07, 6.45) is -0.443. The van der Waals surface area contributed by atoms with Gasteiger partial charge in [0.05, 0.1) is 12.5 Å². The van der Waals surface area contributed by atoms with Crippen LogP contribution in [-0.4, -0.2) is 38.1 Å². The minimum Gasteiger partial charge on any atom is -0.456 e. The fraction of sp³-hybridized carbons (Fsp3) is 0.381. The molecule has 4 nitrogen and oxygen atoms in total. The lowest BCUT2D eigenvalue weighted by Gasteiger charge is -2.30. The third-order valence-corrected chi connectivity index (χ3v) is 4.45. The van der Waals surface area contributed by atoms with Crippen molar-refractivity contribution >= 4 is 5.97 Å². The fourth-order valence-corrected chi connectivity index (χ4v) is 2.70. The second-order valence-electron chi connectivity index (χ2n) is 6.36. The van der Waals surface area contributed by atoms with Gasteiger partial charge >= 0.3 is 5.97 Å². The van der Waals surface area contributed by atoms with Crippen LogP contribution >= 0.6 is 0 Å². The van der Waals surface area contributed by atoms with Gasteiger partial charge in [-0.2, -0.15) is 0 Å². The third-order valence-electron chi connectivity index (χ3n) is 4.45. The molecule has 0 aliphatic carbocycles. The van der Waals surface area contributed by atoms with Crippen molar-refractivity contribution in [3.8, 4) is 0 Å². The predicted octanol–water partition coefficient (Wildman–Crippen LogP) is 4.00. The van der Waals surface area contributed by atoms with Crippen LogP contribution in [-0.2, 0) is 14.3 Å². The van der Waals surface area contributed by atoms with E-state index in [2.05, 4.69) is 11.8 Å². The molecule has 0 spiro atoms. The van der Waals surface area contributed by atoms with Crippen molar-refractivity contribution < 1.29 is 14.3 Å². The summed E-state index contributed by atoms with van der Waals surface area (Å²) >= 11 is 0. The van der Waals surface area contributed by atoms with Crippen molar-refractivity contribution in [2.24, 2.45) is 0 Å². The number of carbonyl (C=O) groups excluding carboxylic acids is 1. The molecule has 0 heterocycles. The molecule has 134 valence electrons. The van der Waals surface area contributed by atoms with Crippen molar-refractivity contribution in [3.05, 3.63) is 71.8 Å². The highest BCUT2D eigenvalue weighted by molar-refractivity contribution is 5.70. The molecule has 0 saturated heterocycles. The zero-order valence-electron chi connectivity index (χ0n) is 15.4. The van der Waals surface area contributed by atoms with Gasteiger partial charge in [0.25, 0.3) is 0 Å². The summed E-state index contributed by atoms with van der Waals surface area (Å²) in [5.41, 5.74) is 1.96. The largest absolute Gasteiger partial charge is 0.456 e. The van der Waals surface area contributed by atoms with Crippen molar-refractivity contribution in [2.45, 2.75) is 31.6 Å². The topological polar surface area (TPSA) is 38.8 Å². The number of carbonyl (C=O) groups is 1. The number of ether oxygens (including phenoxy) is 2. The standard InChI is InChI=1S/C21H27NO3/c1-16(22(2)3)21(18-13-9-6-10-14-18)25-20(23)15-19(24-4)17-11-7-5-8-12-17/h5-14,16,19,21H,15H2,1-4H3/t16-,19?,21-/m0/s1. The van der Waals surface area contributed by atoms with E-state index in [1.54, 1.807) is 7.11 Å². The van der Waals surface area contributed by atoms with Gasteiger partial charge in [0, 0.05) is 13.2 Å². The second kappa shape index (κ2) is 9.35. The zero-order valence-corrected chi connectivity index (χ0v) is 15.4. The van der Waals surface area contributed by atoms with E-state index >= 15 is 0 Å². The molecule has 2 rings (SSSR count). The van der Waals surface area contributed by atoms with Crippen LogP contribution < -0.4 is 0 Å². The minimum atomic E-state index is -0.322. The highest BCUT2D eigenvalue weighted by Gasteiger charge is 2.26. The zero-order chi connectivity index (χ0) is 18.2. The molecule has 0 aliphatic heterocycles. The highest BCUT2D eigenvalue weighted by atomic mass is 16.5. The molecule has 0 N–H and O–H groups in total. The van der Waals surface area contributed by atoms with E-state index in [1.165, 1.54) is 0 Å². The van der Waals surface area contributed by atoms with E-state index in [1.807, 2.05) is 74.8 Å². The summed E-state index contributed by atoms with van der Waals surface area (Å²) in [5.74, 6) is -0.266. The molecule has 0 radical (unpaired) electrons. The molecule has 0 aliphatic rings. The Morgan fingerprint density at radius 2 is 1.48 bits per heavy atom.